The molecule has 0 unspecified atom stereocenters. The van der Waals surface area contributed by atoms with Crippen LogP contribution in [0.5, 0.6) is 0 Å². The van der Waals surface area contributed by atoms with E-state index in [-0.39, 0.29) is 6.03 Å². The Bertz CT molecular complexity index is 657. The monoisotopic (exact) mass is 301 g/mol. The lowest BCUT2D eigenvalue weighted by Gasteiger charge is -2.19. The second kappa shape index (κ2) is 5.66. The van der Waals surface area contributed by atoms with Crippen molar-refractivity contribution in [2.75, 3.05) is 23.7 Å². The predicted octanol–water partition coefficient (Wildman–Crippen LogP) is 3.36. The lowest BCUT2D eigenvalue weighted by atomic mass is 10.2. The number of carbonyl (C=O) groups excluding carboxylic acids is 1. The van der Waals surface area contributed by atoms with Gasteiger partial charge in [0, 0.05) is 36.0 Å². The quantitative estimate of drug-likeness (QED) is 0.884. The van der Waals surface area contributed by atoms with Gasteiger partial charge < -0.3 is 10.6 Å². The van der Waals surface area contributed by atoms with Crippen LogP contribution in [-0.4, -0.2) is 24.0 Å². The van der Waals surface area contributed by atoms with Crippen LogP contribution < -0.4 is 10.6 Å². The number of halogens is 1. The van der Waals surface area contributed by atoms with Crippen molar-refractivity contribution in [2.45, 2.75) is 6.54 Å². The van der Waals surface area contributed by atoms with E-state index in [4.69, 9.17) is 17.3 Å². The zero-order valence-electron chi connectivity index (χ0n) is 11.5. The third-order valence-electron chi connectivity index (χ3n) is 3.62. The van der Waals surface area contributed by atoms with Crippen LogP contribution in [0.15, 0.2) is 48.5 Å². The highest BCUT2D eigenvalue weighted by molar-refractivity contribution is 6.31. The second-order valence-corrected chi connectivity index (χ2v) is 5.45. The summed E-state index contributed by atoms with van der Waals surface area (Å²) in [5.41, 5.74) is 8.21. The molecule has 1 fully saturated rings. The fourth-order valence-electron chi connectivity index (χ4n) is 2.46. The van der Waals surface area contributed by atoms with Gasteiger partial charge in [0.25, 0.3) is 0 Å². The molecule has 5 heteroatoms. The van der Waals surface area contributed by atoms with Crippen molar-refractivity contribution in [3.63, 3.8) is 0 Å². The molecule has 3 rings (SSSR count). The molecule has 1 saturated heterocycles. The van der Waals surface area contributed by atoms with E-state index in [1.54, 1.807) is 21.9 Å². The van der Waals surface area contributed by atoms with Gasteiger partial charge in [0.2, 0.25) is 0 Å². The van der Waals surface area contributed by atoms with E-state index in [0.29, 0.717) is 30.3 Å². The molecule has 108 valence electrons. The van der Waals surface area contributed by atoms with Crippen LogP contribution in [0.4, 0.5) is 16.2 Å². The van der Waals surface area contributed by atoms with Crippen molar-refractivity contribution in [3.05, 3.63) is 59.1 Å². The molecule has 0 aliphatic carbocycles. The normalized spacial score (nSPS) is 14.8. The summed E-state index contributed by atoms with van der Waals surface area (Å²) in [7, 11) is 0. The van der Waals surface area contributed by atoms with Crippen molar-refractivity contribution in [2.24, 2.45) is 0 Å². The molecule has 4 nitrogen and oxygen atoms in total. The van der Waals surface area contributed by atoms with Crippen LogP contribution in [0, 0.1) is 0 Å². The molecule has 0 aromatic heterocycles. The van der Waals surface area contributed by atoms with Crippen LogP contribution in [0.1, 0.15) is 5.56 Å². The maximum Gasteiger partial charge on any atom is 0.324 e. The molecule has 1 aliphatic rings. The Hall–Kier alpha value is -2.20. The van der Waals surface area contributed by atoms with Gasteiger partial charge in [-0.25, -0.2) is 4.79 Å². The Morgan fingerprint density at radius 1 is 1.05 bits per heavy atom. The molecule has 2 amide bonds. The molecule has 0 spiro atoms. The first-order valence-electron chi connectivity index (χ1n) is 6.80. The third-order valence-corrected chi connectivity index (χ3v) is 3.99. The van der Waals surface area contributed by atoms with E-state index >= 15 is 0 Å². The minimum atomic E-state index is -0.000286. The Morgan fingerprint density at radius 3 is 2.48 bits per heavy atom. The molecule has 0 saturated carbocycles. The Morgan fingerprint density at radius 2 is 1.76 bits per heavy atom. The molecule has 0 atom stereocenters. The smallest absolute Gasteiger partial charge is 0.324 e. The number of hydrogen-bond acceptors (Lipinski definition) is 2. The number of nitrogen functional groups attached to an aromatic ring is 1. The summed E-state index contributed by atoms with van der Waals surface area (Å²) >= 11 is 6.16. The van der Waals surface area contributed by atoms with Crippen molar-refractivity contribution >= 4 is 29.0 Å². The standard InChI is InChI=1S/C16H16ClN3O/c17-15-4-2-1-3-12(15)11-19-9-10-20(16(19)21)14-7-5-13(18)6-8-14/h1-8H,9-11,18H2. The minimum Gasteiger partial charge on any atom is -0.399 e. The molecule has 21 heavy (non-hydrogen) atoms. The predicted molar refractivity (Wildman–Crippen MR) is 85.5 cm³/mol. The largest absolute Gasteiger partial charge is 0.399 e. The third kappa shape index (κ3) is 2.81. The molecule has 0 bridgehead atoms. The van der Waals surface area contributed by atoms with Gasteiger partial charge in [0.05, 0.1) is 0 Å². The first kappa shape index (κ1) is 13.8. The number of anilines is 2. The van der Waals surface area contributed by atoms with Gasteiger partial charge in [-0.3, -0.25) is 4.90 Å². The summed E-state index contributed by atoms with van der Waals surface area (Å²) in [5.74, 6) is 0. The van der Waals surface area contributed by atoms with Gasteiger partial charge in [0.1, 0.15) is 0 Å². The maximum atomic E-state index is 12.5. The van der Waals surface area contributed by atoms with E-state index in [1.165, 1.54) is 0 Å². The van der Waals surface area contributed by atoms with Crippen LogP contribution in [0.2, 0.25) is 5.02 Å². The number of rotatable bonds is 3. The average molecular weight is 302 g/mol. The van der Waals surface area contributed by atoms with Crippen molar-refractivity contribution in [1.29, 1.82) is 0 Å². The summed E-state index contributed by atoms with van der Waals surface area (Å²) in [6, 6.07) is 14.9. The van der Waals surface area contributed by atoms with Gasteiger partial charge in [0.15, 0.2) is 0 Å². The molecular weight excluding hydrogens is 286 g/mol. The highest BCUT2D eigenvalue weighted by Crippen LogP contribution is 2.24. The number of amides is 2. The zero-order valence-corrected chi connectivity index (χ0v) is 12.3. The van der Waals surface area contributed by atoms with E-state index in [0.717, 1.165) is 11.3 Å². The number of carbonyl (C=O) groups is 1. The minimum absolute atomic E-state index is 0.000286. The molecular formula is C16H16ClN3O. The summed E-state index contributed by atoms with van der Waals surface area (Å²) in [5, 5.41) is 0.691. The molecule has 2 aromatic carbocycles. The number of urea groups is 1. The second-order valence-electron chi connectivity index (χ2n) is 5.04. The van der Waals surface area contributed by atoms with Crippen LogP contribution >= 0.6 is 11.6 Å². The van der Waals surface area contributed by atoms with Crippen LogP contribution in [-0.2, 0) is 6.54 Å². The number of nitrogens with zero attached hydrogens (tertiary/aromatic N) is 2. The lowest BCUT2D eigenvalue weighted by molar-refractivity contribution is 0.219. The SMILES string of the molecule is Nc1ccc(N2CCN(Cc3ccccc3Cl)C2=O)cc1. The van der Waals surface area contributed by atoms with Gasteiger partial charge in [-0.2, -0.15) is 0 Å². The molecule has 2 N–H and O–H groups in total. The van der Waals surface area contributed by atoms with Gasteiger partial charge >= 0.3 is 6.03 Å². The van der Waals surface area contributed by atoms with Gasteiger partial charge in [-0.1, -0.05) is 29.8 Å². The zero-order chi connectivity index (χ0) is 14.8. The highest BCUT2D eigenvalue weighted by Gasteiger charge is 2.29. The first-order valence-corrected chi connectivity index (χ1v) is 7.18. The summed E-state index contributed by atoms with van der Waals surface area (Å²) in [6.07, 6.45) is 0. The topological polar surface area (TPSA) is 49.6 Å². The van der Waals surface area contributed by atoms with Gasteiger partial charge in [-0.15, -0.1) is 0 Å². The van der Waals surface area contributed by atoms with E-state index in [1.807, 2.05) is 36.4 Å². The highest BCUT2D eigenvalue weighted by atomic mass is 35.5. The number of nitrogens with two attached hydrogens (primary N) is 1. The molecule has 1 heterocycles. The Labute approximate surface area is 128 Å². The van der Waals surface area contributed by atoms with Gasteiger partial charge in [-0.05, 0) is 35.9 Å². The fourth-order valence-corrected chi connectivity index (χ4v) is 2.65. The summed E-state index contributed by atoms with van der Waals surface area (Å²) in [6.45, 7) is 1.89. The molecule has 0 radical (unpaired) electrons. The lowest BCUT2D eigenvalue weighted by Crippen LogP contribution is -2.31. The van der Waals surface area contributed by atoms with Crippen molar-refractivity contribution in [1.82, 2.24) is 4.90 Å². The summed E-state index contributed by atoms with van der Waals surface area (Å²) < 4.78 is 0. The van der Waals surface area contributed by atoms with Crippen molar-refractivity contribution in [3.8, 4) is 0 Å². The van der Waals surface area contributed by atoms with Crippen LogP contribution in [0.25, 0.3) is 0 Å². The van der Waals surface area contributed by atoms with Crippen molar-refractivity contribution < 1.29 is 4.79 Å². The molecule has 1 aliphatic heterocycles. The molecule has 2 aromatic rings. The Balaban J connectivity index is 1.75. The van der Waals surface area contributed by atoms with E-state index < -0.39 is 0 Å². The number of benzene rings is 2. The van der Waals surface area contributed by atoms with E-state index in [9.17, 15) is 4.79 Å². The fraction of sp³-hybridized carbons (Fsp3) is 0.188. The first-order chi connectivity index (χ1) is 10.1. The van der Waals surface area contributed by atoms with E-state index in [2.05, 4.69) is 0 Å². The Kier molecular flexibility index (Phi) is 3.71. The summed E-state index contributed by atoms with van der Waals surface area (Å²) in [4.78, 5) is 16.0. The van der Waals surface area contributed by atoms with Crippen LogP contribution in [0.3, 0.4) is 0 Å². The maximum absolute atomic E-state index is 12.5. The average Bonchev–Trinajstić information content (AvgIpc) is 2.84. The number of hydrogen-bond donors (Lipinski definition) is 1.